The van der Waals surface area contributed by atoms with E-state index in [9.17, 15) is 9.59 Å². The van der Waals surface area contributed by atoms with Gasteiger partial charge in [-0.3, -0.25) is 14.2 Å². The van der Waals surface area contributed by atoms with Gasteiger partial charge in [0.25, 0.3) is 11.5 Å². The molecule has 1 N–H and O–H groups in total. The van der Waals surface area contributed by atoms with Gasteiger partial charge in [-0.05, 0) is 55.0 Å². The van der Waals surface area contributed by atoms with Gasteiger partial charge >= 0.3 is 0 Å². The molecule has 0 atom stereocenters. The molecule has 3 aromatic rings. The summed E-state index contributed by atoms with van der Waals surface area (Å²) in [7, 11) is 0. The highest BCUT2D eigenvalue weighted by Gasteiger charge is 2.16. The largest absolute Gasteiger partial charge is 0.321 e. The zero-order valence-corrected chi connectivity index (χ0v) is 17.8. The van der Waals surface area contributed by atoms with Crippen molar-refractivity contribution in [1.29, 1.82) is 0 Å². The number of fused-ring (bicyclic) bond motifs is 2. The van der Waals surface area contributed by atoms with Crippen molar-refractivity contribution >= 4 is 22.5 Å². The number of aryl methyl sites for hydroxylation is 3. The summed E-state index contributed by atoms with van der Waals surface area (Å²) < 4.78 is 1.83. The van der Waals surface area contributed by atoms with E-state index in [1.54, 1.807) is 18.2 Å². The molecule has 4 rings (SSSR count). The summed E-state index contributed by atoms with van der Waals surface area (Å²) >= 11 is 0. The van der Waals surface area contributed by atoms with Crippen molar-refractivity contribution in [3.63, 3.8) is 0 Å². The average Bonchev–Trinajstić information content (AvgIpc) is 2.74. The molecule has 5 heteroatoms. The number of para-hydroxylation sites is 1. The summed E-state index contributed by atoms with van der Waals surface area (Å²) in [4.78, 5) is 30.8. The Labute approximate surface area is 177 Å². The minimum atomic E-state index is -0.166. The summed E-state index contributed by atoms with van der Waals surface area (Å²) in [6.45, 7) is 4.91. The van der Waals surface area contributed by atoms with Crippen LogP contribution in [0.2, 0.25) is 0 Å². The van der Waals surface area contributed by atoms with E-state index in [0.29, 0.717) is 16.5 Å². The molecule has 1 aliphatic rings. The first kappa shape index (κ1) is 20.3. The van der Waals surface area contributed by atoms with Crippen LogP contribution in [0.25, 0.3) is 10.9 Å². The Kier molecular flexibility index (Phi) is 5.98. The van der Waals surface area contributed by atoms with Gasteiger partial charge in [0.2, 0.25) is 0 Å². The van der Waals surface area contributed by atoms with Gasteiger partial charge in [-0.25, -0.2) is 4.98 Å². The molecule has 0 radical (unpaired) electrons. The number of aromatic nitrogens is 2. The molecule has 5 nitrogen and oxygen atoms in total. The van der Waals surface area contributed by atoms with Crippen LogP contribution >= 0.6 is 0 Å². The third-order valence-corrected chi connectivity index (χ3v) is 6.07. The Morgan fingerprint density at radius 1 is 1.03 bits per heavy atom. The van der Waals surface area contributed by atoms with Crippen LogP contribution in [-0.4, -0.2) is 15.5 Å². The summed E-state index contributed by atoms with van der Waals surface area (Å²) in [6, 6.07) is 11.4. The molecule has 0 aliphatic carbocycles. The van der Waals surface area contributed by atoms with Crippen molar-refractivity contribution in [1.82, 2.24) is 9.55 Å². The molecular weight excluding hydrogens is 374 g/mol. The predicted molar refractivity (Wildman–Crippen MR) is 121 cm³/mol. The second-order valence-electron chi connectivity index (χ2n) is 7.99. The molecule has 1 aliphatic heterocycles. The number of anilines is 1. The molecule has 30 heavy (non-hydrogen) atoms. The standard InChI is InChI=1S/C25H29N3O2/c1-3-17-10-9-11-18(4-2)23(17)27-24(29)19-13-14-20-21(16-19)26-22-12-7-5-6-8-15-28(22)25(20)30/h9-11,13-14,16H,3-8,12,15H2,1-2H3,(H,27,29). The van der Waals surface area contributed by atoms with Gasteiger partial charge in [-0.2, -0.15) is 0 Å². The first-order chi connectivity index (χ1) is 14.6. The first-order valence-corrected chi connectivity index (χ1v) is 11.1. The van der Waals surface area contributed by atoms with Gasteiger partial charge in [0.1, 0.15) is 5.82 Å². The highest BCUT2D eigenvalue weighted by Crippen LogP contribution is 2.24. The molecule has 2 heterocycles. The van der Waals surface area contributed by atoms with E-state index in [-0.39, 0.29) is 11.5 Å². The molecule has 0 bridgehead atoms. The molecule has 156 valence electrons. The maximum Gasteiger partial charge on any atom is 0.261 e. The Hall–Kier alpha value is -2.95. The molecule has 2 aromatic carbocycles. The second-order valence-corrected chi connectivity index (χ2v) is 7.99. The minimum absolute atomic E-state index is 0.00783. The van der Waals surface area contributed by atoms with Crippen LogP contribution in [0.15, 0.2) is 41.2 Å². The fourth-order valence-corrected chi connectivity index (χ4v) is 4.33. The molecule has 0 fully saturated rings. The lowest BCUT2D eigenvalue weighted by molar-refractivity contribution is 0.102. The van der Waals surface area contributed by atoms with Gasteiger partial charge < -0.3 is 5.32 Å². The monoisotopic (exact) mass is 403 g/mol. The maximum absolute atomic E-state index is 13.0. The Morgan fingerprint density at radius 2 is 1.77 bits per heavy atom. The number of hydrogen-bond donors (Lipinski definition) is 1. The fourth-order valence-electron chi connectivity index (χ4n) is 4.33. The van der Waals surface area contributed by atoms with Gasteiger partial charge in [-0.15, -0.1) is 0 Å². The number of hydrogen-bond acceptors (Lipinski definition) is 3. The van der Waals surface area contributed by atoms with E-state index < -0.39 is 0 Å². The van der Waals surface area contributed by atoms with E-state index in [4.69, 9.17) is 4.98 Å². The SMILES string of the molecule is CCc1cccc(CC)c1NC(=O)c1ccc2c(=O)n3c(nc2c1)CCCCCC3. The van der Waals surface area contributed by atoms with E-state index in [2.05, 4.69) is 31.3 Å². The van der Waals surface area contributed by atoms with Crippen molar-refractivity contribution in [3.8, 4) is 0 Å². The lowest BCUT2D eigenvalue weighted by atomic mass is 10.0. The Bertz CT molecular complexity index is 1120. The Balaban J connectivity index is 1.71. The number of nitrogens with one attached hydrogen (secondary N) is 1. The minimum Gasteiger partial charge on any atom is -0.321 e. The fraction of sp³-hybridized carbons (Fsp3) is 0.400. The van der Waals surface area contributed by atoms with Gasteiger partial charge in [0, 0.05) is 24.2 Å². The molecule has 1 amide bonds. The lowest BCUT2D eigenvalue weighted by Crippen LogP contribution is -2.26. The van der Waals surface area contributed by atoms with Crippen LogP contribution in [0.4, 0.5) is 5.69 Å². The third-order valence-electron chi connectivity index (χ3n) is 6.07. The number of nitrogens with zero attached hydrogens (tertiary/aromatic N) is 2. The quantitative estimate of drug-likeness (QED) is 0.674. The third kappa shape index (κ3) is 3.89. The smallest absolute Gasteiger partial charge is 0.261 e. The average molecular weight is 404 g/mol. The maximum atomic E-state index is 13.0. The predicted octanol–water partition coefficient (Wildman–Crippen LogP) is 4.89. The normalized spacial score (nSPS) is 14.1. The van der Waals surface area contributed by atoms with Crippen LogP contribution in [0.5, 0.6) is 0 Å². The molecule has 1 aromatic heterocycles. The van der Waals surface area contributed by atoms with Crippen molar-refractivity contribution < 1.29 is 4.79 Å². The highest BCUT2D eigenvalue weighted by atomic mass is 16.1. The summed E-state index contributed by atoms with van der Waals surface area (Å²) in [6.07, 6.45) is 6.90. The summed E-state index contributed by atoms with van der Waals surface area (Å²) in [5.41, 5.74) is 4.30. The van der Waals surface area contributed by atoms with Gasteiger partial charge in [0.15, 0.2) is 0 Å². The van der Waals surface area contributed by atoms with E-state index in [1.165, 1.54) is 6.42 Å². The van der Waals surface area contributed by atoms with Crippen LogP contribution in [0.3, 0.4) is 0 Å². The number of rotatable bonds is 4. The van der Waals surface area contributed by atoms with Crippen molar-refractivity contribution in [2.45, 2.75) is 65.3 Å². The molecular formula is C25H29N3O2. The number of amides is 1. The van der Waals surface area contributed by atoms with Gasteiger partial charge in [-0.1, -0.05) is 44.9 Å². The number of carbonyl (C=O) groups excluding carboxylic acids is 1. The zero-order valence-electron chi connectivity index (χ0n) is 17.8. The van der Waals surface area contributed by atoms with Crippen molar-refractivity contribution in [2.24, 2.45) is 0 Å². The number of carbonyl (C=O) groups is 1. The zero-order chi connectivity index (χ0) is 21.1. The van der Waals surface area contributed by atoms with Crippen LogP contribution in [-0.2, 0) is 25.8 Å². The highest BCUT2D eigenvalue weighted by molar-refractivity contribution is 6.06. The van der Waals surface area contributed by atoms with Crippen molar-refractivity contribution in [2.75, 3.05) is 5.32 Å². The van der Waals surface area contributed by atoms with E-state index >= 15 is 0 Å². The second kappa shape index (κ2) is 8.82. The molecule has 0 saturated heterocycles. The van der Waals surface area contributed by atoms with Crippen LogP contribution in [0.1, 0.15) is 66.8 Å². The summed E-state index contributed by atoms with van der Waals surface area (Å²) in [5, 5.41) is 3.69. The van der Waals surface area contributed by atoms with E-state index in [1.807, 2.05) is 10.6 Å². The lowest BCUT2D eigenvalue weighted by Gasteiger charge is -2.17. The van der Waals surface area contributed by atoms with Crippen molar-refractivity contribution in [3.05, 3.63) is 69.3 Å². The number of benzene rings is 2. The Morgan fingerprint density at radius 3 is 2.50 bits per heavy atom. The summed E-state index contributed by atoms with van der Waals surface area (Å²) in [5.74, 6) is 0.676. The van der Waals surface area contributed by atoms with Crippen LogP contribution in [0, 0.1) is 0 Å². The molecule has 0 saturated carbocycles. The topological polar surface area (TPSA) is 64.0 Å². The van der Waals surface area contributed by atoms with Gasteiger partial charge in [0.05, 0.1) is 10.9 Å². The van der Waals surface area contributed by atoms with Crippen LogP contribution < -0.4 is 10.9 Å². The van der Waals surface area contributed by atoms with E-state index in [0.717, 1.165) is 67.7 Å². The first-order valence-electron chi connectivity index (χ1n) is 11.1. The molecule has 0 spiro atoms. The molecule has 0 unspecified atom stereocenters.